The Morgan fingerprint density at radius 2 is 1.65 bits per heavy atom. The quantitative estimate of drug-likeness (QED) is 0.135. The van der Waals surface area contributed by atoms with Crippen molar-refractivity contribution < 1.29 is 0 Å². The van der Waals surface area contributed by atoms with Crippen LogP contribution in [-0.2, 0) is 16.2 Å². The highest BCUT2D eigenvalue weighted by Gasteiger charge is 2.50. The van der Waals surface area contributed by atoms with Crippen LogP contribution in [0.15, 0.2) is 89.2 Å². The van der Waals surface area contributed by atoms with Gasteiger partial charge >= 0.3 is 0 Å². The van der Waals surface area contributed by atoms with Gasteiger partial charge < -0.3 is 9.80 Å². The monoisotopic (exact) mass is 739 g/mol. The molecule has 0 saturated carbocycles. The molecule has 2 aliphatic heterocycles. The molecule has 2 aliphatic carbocycles. The molecule has 54 heavy (non-hydrogen) atoms. The molecule has 2 aromatic carbocycles. The Bertz CT molecular complexity index is 2110. The topological polar surface area (TPSA) is 6.48 Å². The molecule has 0 spiro atoms. The molecule has 1 aromatic heterocycles. The Morgan fingerprint density at radius 3 is 2.28 bits per heavy atom. The lowest BCUT2D eigenvalue weighted by Crippen LogP contribution is -2.62. The van der Waals surface area contributed by atoms with E-state index in [-0.39, 0.29) is 34.4 Å². The van der Waals surface area contributed by atoms with E-state index in [1.807, 2.05) is 0 Å². The maximum Gasteiger partial charge on any atom is 0.249 e. The molecule has 3 heterocycles. The van der Waals surface area contributed by atoms with Crippen LogP contribution in [0, 0.1) is 11.3 Å². The van der Waals surface area contributed by atoms with E-state index >= 15 is 0 Å². The van der Waals surface area contributed by atoms with E-state index in [1.165, 1.54) is 67.1 Å². The fourth-order valence-corrected chi connectivity index (χ4v) is 10.8. The number of hydrogen-bond donors (Lipinski definition) is 0. The van der Waals surface area contributed by atoms with E-state index in [2.05, 4.69) is 185 Å². The number of allylic oxidation sites excluding steroid dienone is 5. The van der Waals surface area contributed by atoms with Gasteiger partial charge in [0.1, 0.15) is 0 Å². The van der Waals surface area contributed by atoms with Crippen molar-refractivity contribution in [3.8, 4) is 0 Å². The fraction of sp³-hybridized carbons (Fsp3) is 0.520. The molecule has 4 aliphatic rings. The lowest BCUT2D eigenvalue weighted by molar-refractivity contribution is 0.332. The summed E-state index contributed by atoms with van der Waals surface area (Å²) >= 11 is 2.07. The Balaban J connectivity index is 1.61. The molecule has 2 nitrogen and oxygen atoms in total. The second kappa shape index (κ2) is 13.8. The maximum atomic E-state index is 2.83. The second-order valence-electron chi connectivity index (χ2n) is 21.0. The first-order valence-corrected chi connectivity index (χ1v) is 21.7. The third kappa shape index (κ3) is 6.92. The third-order valence-corrected chi connectivity index (χ3v) is 13.9. The molecule has 0 fully saturated rings. The lowest BCUT2D eigenvalue weighted by Gasteiger charge is -2.50. The molecule has 0 amide bonds. The molecule has 1 atom stereocenters. The summed E-state index contributed by atoms with van der Waals surface area (Å²) in [6, 6.07) is 13.0. The number of hydrogen-bond acceptors (Lipinski definition) is 3. The SMILES string of the molecule is C/C=C/CN1C2=C3B(c4cc(C(C)(C)C)ccc41)c1c(sc4cc5c(cc14)C(C)(C)CCC5(C)C)N(C(/C=C\CC(C)C)=C/CC(C)(C)C)C3CC(C)=C2. The van der Waals surface area contributed by atoms with Crippen molar-refractivity contribution in [2.75, 3.05) is 16.3 Å². The summed E-state index contributed by atoms with van der Waals surface area (Å²) < 4.78 is 1.45. The molecule has 0 radical (unpaired) electrons. The van der Waals surface area contributed by atoms with E-state index < -0.39 is 0 Å². The van der Waals surface area contributed by atoms with Gasteiger partial charge in [0, 0.05) is 28.3 Å². The van der Waals surface area contributed by atoms with Gasteiger partial charge in [0.15, 0.2) is 0 Å². The highest BCUT2D eigenvalue weighted by atomic mass is 32.1. The molecule has 4 heteroatoms. The molecule has 7 rings (SSSR count). The average molecular weight is 739 g/mol. The van der Waals surface area contributed by atoms with Crippen LogP contribution in [0.3, 0.4) is 0 Å². The van der Waals surface area contributed by atoms with E-state index in [0.717, 1.165) is 25.8 Å². The largest absolute Gasteiger partial charge is 0.339 e. The van der Waals surface area contributed by atoms with E-state index in [1.54, 1.807) is 16.6 Å². The first kappa shape index (κ1) is 39.0. The van der Waals surface area contributed by atoms with Crippen LogP contribution >= 0.6 is 11.3 Å². The normalized spacial score (nSPS) is 20.9. The Hall–Kier alpha value is -3.24. The van der Waals surface area contributed by atoms with E-state index in [4.69, 9.17) is 0 Å². The van der Waals surface area contributed by atoms with E-state index in [0.29, 0.717) is 5.92 Å². The van der Waals surface area contributed by atoms with Crippen LogP contribution in [-0.4, -0.2) is 19.3 Å². The number of benzene rings is 2. The van der Waals surface area contributed by atoms with Gasteiger partial charge in [-0.15, -0.1) is 11.3 Å². The van der Waals surface area contributed by atoms with Crippen molar-refractivity contribution in [2.24, 2.45) is 11.3 Å². The van der Waals surface area contributed by atoms with Crippen LogP contribution in [0.1, 0.15) is 146 Å². The minimum atomic E-state index is 0.0549. The summed E-state index contributed by atoms with van der Waals surface area (Å²) in [5.41, 5.74) is 15.3. The fourth-order valence-electron chi connectivity index (χ4n) is 9.46. The number of anilines is 2. The van der Waals surface area contributed by atoms with Gasteiger partial charge in [0.25, 0.3) is 0 Å². The molecule has 0 N–H and O–H groups in total. The van der Waals surface area contributed by atoms with Gasteiger partial charge in [0.05, 0.1) is 11.0 Å². The molecule has 286 valence electrons. The summed E-state index contributed by atoms with van der Waals surface area (Å²) in [6.45, 7) is 34.4. The summed E-state index contributed by atoms with van der Waals surface area (Å²) in [7, 11) is 0. The Kier molecular flexibility index (Phi) is 9.94. The second-order valence-corrected chi connectivity index (χ2v) is 22.0. The van der Waals surface area contributed by atoms with Crippen LogP contribution in [0.25, 0.3) is 10.1 Å². The smallest absolute Gasteiger partial charge is 0.249 e. The highest BCUT2D eigenvalue weighted by molar-refractivity contribution is 7.26. The Morgan fingerprint density at radius 1 is 0.963 bits per heavy atom. The van der Waals surface area contributed by atoms with Crippen molar-refractivity contribution in [1.29, 1.82) is 0 Å². The average Bonchev–Trinajstić information content (AvgIpc) is 3.44. The molecule has 3 aromatic rings. The number of nitrogens with zero attached hydrogens (tertiary/aromatic N) is 2. The van der Waals surface area contributed by atoms with E-state index in [9.17, 15) is 0 Å². The molecule has 1 unspecified atom stereocenters. The van der Waals surface area contributed by atoms with Crippen molar-refractivity contribution in [2.45, 2.75) is 151 Å². The minimum absolute atomic E-state index is 0.0549. The molecule has 0 bridgehead atoms. The summed E-state index contributed by atoms with van der Waals surface area (Å²) in [6.07, 6.45) is 20.2. The summed E-state index contributed by atoms with van der Waals surface area (Å²) in [5, 5.41) is 2.93. The van der Waals surface area contributed by atoms with Gasteiger partial charge in [-0.3, -0.25) is 0 Å². The zero-order valence-electron chi connectivity index (χ0n) is 36.1. The number of thiophene rings is 1. The van der Waals surface area contributed by atoms with Crippen LogP contribution in [0.4, 0.5) is 10.7 Å². The van der Waals surface area contributed by atoms with Gasteiger partial charge in [0.2, 0.25) is 6.71 Å². The van der Waals surface area contributed by atoms with Gasteiger partial charge in [-0.1, -0.05) is 125 Å². The van der Waals surface area contributed by atoms with Crippen molar-refractivity contribution in [3.05, 3.63) is 106 Å². The van der Waals surface area contributed by atoms with Crippen molar-refractivity contribution in [1.82, 2.24) is 0 Å². The summed E-state index contributed by atoms with van der Waals surface area (Å²) in [4.78, 5) is 5.47. The zero-order valence-corrected chi connectivity index (χ0v) is 36.9. The van der Waals surface area contributed by atoms with Crippen LogP contribution in [0.5, 0.6) is 0 Å². The predicted molar refractivity (Wildman–Crippen MR) is 242 cm³/mol. The summed E-state index contributed by atoms with van der Waals surface area (Å²) in [5.74, 6) is 0.620. The first-order valence-electron chi connectivity index (χ1n) is 20.9. The highest BCUT2D eigenvalue weighted by Crippen LogP contribution is 2.52. The first-order chi connectivity index (χ1) is 25.2. The van der Waals surface area contributed by atoms with Gasteiger partial charge in [-0.05, 0) is 142 Å². The molecular formula is C50H67BN2S. The van der Waals surface area contributed by atoms with Crippen LogP contribution < -0.4 is 20.7 Å². The van der Waals surface area contributed by atoms with Crippen molar-refractivity contribution >= 4 is 49.7 Å². The number of rotatable bonds is 7. The van der Waals surface area contributed by atoms with Gasteiger partial charge in [-0.25, -0.2) is 0 Å². The predicted octanol–water partition coefficient (Wildman–Crippen LogP) is 12.8. The lowest BCUT2D eigenvalue weighted by atomic mass is 9.31. The number of fused-ring (bicyclic) bond motifs is 7. The van der Waals surface area contributed by atoms with Crippen molar-refractivity contribution in [3.63, 3.8) is 0 Å². The molecular weight excluding hydrogens is 671 g/mol. The zero-order chi connectivity index (χ0) is 39.1. The third-order valence-electron chi connectivity index (χ3n) is 12.8. The minimum Gasteiger partial charge on any atom is -0.339 e. The standard InChI is InChI=1S/C50H67BN2S/c1-15-16-26-52-40-21-20-34(48(8,9)10)29-39(40)51-44-36-30-37-38(50(13,14)25-24-49(37,11)12)31-43(36)54-46(44)53(42-28-33(4)27-41(52)45(42)51)35(19-17-18-32(2)3)22-23-47(5,6)7/h15-17,19-22,27,29-32,42H,18,23-26,28H2,1-14H3/b16-15+,19-17-,35-22+. The van der Waals surface area contributed by atoms with Gasteiger partial charge in [-0.2, -0.15) is 0 Å². The van der Waals surface area contributed by atoms with Crippen LogP contribution in [0.2, 0.25) is 0 Å². The Labute approximate surface area is 333 Å². The maximum absolute atomic E-state index is 2.83. The molecule has 0 saturated heterocycles.